The van der Waals surface area contributed by atoms with Gasteiger partial charge in [0.25, 0.3) is 0 Å². The largest absolute Gasteiger partial charge is 0.361 e. The van der Waals surface area contributed by atoms with E-state index in [1.54, 1.807) is 6.20 Å². The van der Waals surface area contributed by atoms with Gasteiger partial charge in [-0.15, -0.1) is 0 Å². The molecular formula is C9H15NO. The van der Waals surface area contributed by atoms with Crippen molar-refractivity contribution in [2.24, 2.45) is 0 Å². The molecule has 1 aromatic rings. The quantitative estimate of drug-likeness (QED) is 0.664. The van der Waals surface area contributed by atoms with Crippen molar-refractivity contribution >= 4 is 0 Å². The highest BCUT2D eigenvalue weighted by molar-refractivity contribution is 4.99. The smallest absolute Gasteiger partial charge is 0.139 e. The molecule has 0 saturated carbocycles. The molecule has 0 saturated heterocycles. The van der Waals surface area contributed by atoms with E-state index in [2.05, 4.69) is 19.0 Å². The fraction of sp³-hybridized carbons (Fsp3) is 0.667. The standard InChI is InChI=1S/C9H15NO/c1-3-4-5-8(2)9-6-7-10-11-9/h6-8H,3-5H2,1-2H3. The van der Waals surface area contributed by atoms with Gasteiger partial charge in [0.05, 0.1) is 6.20 Å². The summed E-state index contributed by atoms with van der Waals surface area (Å²) < 4.78 is 5.04. The highest BCUT2D eigenvalue weighted by atomic mass is 16.5. The van der Waals surface area contributed by atoms with Gasteiger partial charge in [-0.2, -0.15) is 0 Å². The van der Waals surface area contributed by atoms with Gasteiger partial charge in [0.15, 0.2) is 0 Å². The zero-order chi connectivity index (χ0) is 8.10. The van der Waals surface area contributed by atoms with E-state index in [1.165, 1.54) is 19.3 Å². The second-order valence-corrected chi connectivity index (χ2v) is 2.96. The lowest BCUT2D eigenvalue weighted by Crippen LogP contribution is -1.90. The molecule has 1 aromatic heterocycles. The van der Waals surface area contributed by atoms with E-state index in [-0.39, 0.29) is 0 Å². The molecule has 2 nitrogen and oxygen atoms in total. The Morgan fingerprint density at radius 3 is 3.00 bits per heavy atom. The van der Waals surface area contributed by atoms with Gasteiger partial charge in [0.1, 0.15) is 5.76 Å². The minimum absolute atomic E-state index is 0.525. The highest BCUT2D eigenvalue weighted by Crippen LogP contribution is 2.20. The molecule has 11 heavy (non-hydrogen) atoms. The molecule has 2 heteroatoms. The van der Waals surface area contributed by atoms with Crippen LogP contribution in [0.15, 0.2) is 16.8 Å². The van der Waals surface area contributed by atoms with Crippen LogP contribution in [0.2, 0.25) is 0 Å². The molecule has 0 spiro atoms. The zero-order valence-electron chi connectivity index (χ0n) is 7.21. The molecule has 1 heterocycles. The highest BCUT2D eigenvalue weighted by Gasteiger charge is 2.07. The Kier molecular flexibility index (Phi) is 3.14. The Hall–Kier alpha value is -0.790. The third-order valence-corrected chi connectivity index (χ3v) is 1.93. The van der Waals surface area contributed by atoms with Crippen molar-refractivity contribution < 1.29 is 4.52 Å². The Labute approximate surface area is 67.6 Å². The van der Waals surface area contributed by atoms with Crippen molar-refractivity contribution in [2.45, 2.75) is 39.0 Å². The SMILES string of the molecule is CCCCC(C)c1ccno1. The predicted molar refractivity (Wildman–Crippen MR) is 44.4 cm³/mol. The first-order valence-electron chi connectivity index (χ1n) is 4.25. The lowest BCUT2D eigenvalue weighted by Gasteiger charge is -2.04. The van der Waals surface area contributed by atoms with Gasteiger partial charge in [0.2, 0.25) is 0 Å². The zero-order valence-corrected chi connectivity index (χ0v) is 7.21. The first-order chi connectivity index (χ1) is 5.34. The van der Waals surface area contributed by atoms with Crippen molar-refractivity contribution in [1.82, 2.24) is 5.16 Å². The fourth-order valence-electron chi connectivity index (χ4n) is 1.13. The third kappa shape index (κ3) is 2.37. The molecule has 0 aromatic carbocycles. The minimum atomic E-state index is 0.525. The summed E-state index contributed by atoms with van der Waals surface area (Å²) in [7, 11) is 0. The van der Waals surface area contributed by atoms with Crippen LogP contribution in [0.1, 0.15) is 44.8 Å². The van der Waals surface area contributed by atoms with Crippen molar-refractivity contribution in [2.75, 3.05) is 0 Å². The molecule has 0 aliphatic carbocycles. The number of hydrogen-bond donors (Lipinski definition) is 0. The second kappa shape index (κ2) is 4.16. The molecule has 0 N–H and O–H groups in total. The van der Waals surface area contributed by atoms with Crippen LogP contribution < -0.4 is 0 Å². The third-order valence-electron chi connectivity index (χ3n) is 1.93. The number of aromatic nitrogens is 1. The molecule has 1 rings (SSSR count). The maximum atomic E-state index is 5.04. The number of nitrogens with zero attached hydrogens (tertiary/aromatic N) is 1. The topological polar surface area (TPSA) is 26.0 Å². The monoisotopic (exact) mass is 153 g/mol. The lowest BCUT2D eigenvalue weighted by molar-refractivity contribution is 0.358. The van der Waals surface area contributed by atoms with Crippen LogP contribution >= 0.6 is 0 Å². The summed E-state index contributed by atoms with van der Waals surface area (Å²) in [6, 6.07) is 1.94. The molecule has 1 unspecified atom stereocenters. The summed E-state index contributed by atoms with van der Waals surface area (Å²) in [6.45, 7) is 4.38. The van der Waals surface area contributed by atoms with E-state index in [4.69, 9.17) is 4.52 Å². The summed E-state index contributed by atoms with van der Waals surface area (Å²) in [5, 5.41) is 3.68. The molecular weight excluding hydrogens is 138 g/mol. The van der Waals surface area contributed by atoms with Gasteiger partial charge < -0.3 is 4.52 Å². The first-order valence-corrected chi connectivity index (χ1v) is 4.25. The molecule has 1 atom stereocenters. The predicted octanol–water partition coefficient (Wildman–Crippen LogP) is 2.97. The molecule has 0 aliphatic rings. The number of hydrogen-bond acceptors (Lipinski definition) is 2. The molecule has 62 valence electrons. The van der Waals surface area contributed by atoms with Gasteiger partial charge in [-0.25, -0.2) is 0 Å². The molecule has 0 fully saturated rings. The molecule has 0 radical (unpaired) electrons. The van der Waals surface area contributed by atoms with Crippen LogP contribution in [-0.2, 0) is 0 Å². The lowest BCUT2D eigenvalue weighted by atomic mass is 10.0. The van der Waals surface area contributed by atoms with Crippen molar-refractivity contribution in [3.8, 4) is 0 Å². The van der Waals surface area contributed by atoms with Gasteiger partial charge in [-0.05, 0) is 6.42 Å². The molecule has 0 bridgehead atoms. The van der Waals surface area contributed by atoms with Crippen LogP contribution in [0.5, 0.6) is 0 Å². The Morgan fingerprint density at radius 2 is 2.45 bits per heavy atom. The average molecular weight is 153 g/mol. The van der Waals surface area contributed by atoms with E-state index in [0.29, 0.717) is 5.92 Å². The van der Waals surface area contributed by atoms with Crippen LogP contribution in [0.25, 0.3) is 0 Å². The fourth-order valence-corrected chi connectivity index (χ4v) is 1.13. The summed E-state index contributed by atoms with van der Waals surface area (Å²) >= 11 is 0. The number of rotatable bonds is 4. The molecule has 0 amide bonds. The average Bonchev–Trinajstić information content (AvgIpc) is 2.52. The Bertz CT molecular complexity index is 181. The van der Waals surface area contributed by atoms with E-state index in [9.17, 15) is 0 Å². The summed E-state index contributed by atoms with van der Waals surface area (Å²) in [4.78, 5) is 0. The van der Waals surface area contributed by atoms with E-state index in [1.807, 2.05) is 6.07 Å². The van der Waals surface area contributed by atoms with E-state index in [0.717, 1.165) is 5.76 Å². The van der Waals surface area contributed by atoms with E-state index >= 15 is 0 Å². The normalized spacial score (nSPS) is 13.3. The summed E-state index contributed by atoms with van der Waals surface area (Å²) in [5.74, 6) is 1.54. The van der Waals surface area contributed by atoms with Crippen LogP contribution in [0.4, 0.5) is 0 Å². The van der Waals surface area contributed by atoms with Gasteiger partial charge in [0, 0.05) is 12.0 Å². The second-order valence-electron chi connectivity index (χ2n) is 2.96. The summed E-state index contributed by atoms with van der Waals surface area (Å²) in [6.07, 6.45) is 5.42. The first kappa shape index (κ1) is 8.31. The van der Waals surface area contributed by atoms with Crippen LogP contribution in [0, 0.1) is 0 Å². The van der Waals surface area contributed by atoms with Crippen LogP contribution in [-0.4, -0.2) is 5.16 Å². The van der Waals surface area contributed by atoms with Crippen molar-refractivity contribution in [1.29, 1.82) is 0 Å². The van der Waals surface area contributed by atoms with Crippen LogP contribution in [0.3, 0.4) is 0 Å². The Morgan fingerprint density at radius 1 is 1.64 bits per heavy atom. The maximum Gasteiger partial charge on any atom is 0.139 e. The minimum Gasteiger partial charge on any atom is -0.361 e. The van der Waals surface area contributed by atoms with Gasteiger partial charge >= 0.3 is 0 Å². The van der Waals surface area contributed by atoms with E-state index < -0.39 is 0 Å². The number of unbranched alkanes of at least 4 members (excludes halogenated alkanes) is 1. The van der Waals surface area contributed by atoms with Crippen molar-refractivity contribution in [3.05, 3.63) is 18.0 Å². The van der Waals surface area contributed by atoms with Gasteiger partial charge in [-0.3, -0.25) is 0 Å². The molecule has 0 aliphatic heterocycles. The van der Waals surface area contributed by atoms with Crippen molar-refractivity contribution in [3.63, 3.8) is 0 Å². The van der Waals surface area contributed by atoms with Gasteiger partial charge in [-0.1, -0.05) is 31.8 Å². The maximum absolute atomic E-state index is 5.04. The Balaban J connectivity index is 2.36. The summed E-state index contributed by atoms with van der Waals surface area (Å²) in [5.41, 5.74) is 0.